The van der Waals surface area contributed by atoms with Crippen molar-refractivity contribution in [1.29, 1.82) is 0 Å². The van der Waals surface area contributed by atoms with Crippen LogP contribution in [0.4, 0.5) is 11.4 Å². The first-order chi connectivity index (χ1) is 8.90. The Morgan fingerprint density at radius 3 is 2.68 bits per heavy atom. The van der Waals surface area contributed by atoms with Crippen LogP contribution in [0.15, 0.2) is 18.2 Å². The molecule has 6 nitrogen and oxygen atoms in total. The number of aryl methyl sites for hydroxylation is 1. The SMILES string of the molecule is Cc1ccc(NC(=O)CCNC(C)C)c([N+](=O)[O-])c1. The van der Waals surface area contributed by atoms with Gasteiger partial charge < -0.3 is 10.6 Å². The van der Waals surface area contributed by atoms with Gasteiger partial charge in [-0.1, -0.05) is 19.9 Å². The minimum atomic E-state index is -0.491. The zero-order chi connectivity index (χ0) is 14.4. The second-order valence-corrected chi connectivity index (χ2v) is 4.68. The van der Waals surface area contributed by atoms with Crippen molar-refractivity contribution in [3.8, 4) is 0 Å². The fourth-order valence-electron chi connectivity index (χ4n) is 1.59. The van der Waals surface area contributed by atoms with Gasteiger partial charge in [0.2, 0.25) is 5.91 Å². The van der Waals surface area contributed by atoms with E-state index in [1.165, 1.54) is 6.07 Å². The number of amides is 1. The zero-order valence-electron chi connectivity index (χ0n) is 11.4. The molecule has 2 N–H and O–H groups in total. The highest BCUT2D eigenvalue weighted by molar-refractivity contribution is 5.93. The van der Waals surface area contributed by atoms with Crippen LogP contribution >= 0.6 is 0 Å². The molecule has 0 heterocycles. The Kier molecular flexibility index (Phi) is 5.44. The van der Waals surface area contributed by atoms with Gasteiger partial charge in [-0.2, -0.15) is 0 Å². The van der Waals surface area contributed by atoms with Gasteiger partial charge in [-0.25, -0.2) is 0 Å². The molecule has 0 spiro atoms. The van der Waals surface area contributed by atoms with Crippen molar-refractivity contribution in [3.63, 3.8) is 0 Å². The fourth-order valence-corrected chi connectivity index (χ4v) is 1.59. The molecule has 0 atom stereocenters. The van der Waals surface area contributed by atoms with Gasteiger partial charge in [0, 0.05) is 25.1 Å². The molecule has 104 valence electrons. The van der Waals surface area contributed by atoms with Gasteiger partial charge >= 0.3 is 0 Å². The molecule has 1 aromatic carbocycles. The number of nitro groups is 1. The van der Waals surface area contributed by atoms with Gasteiger partial charge in [-0.15, -0.1) is 0 Å². The van der Waals surface area contributed by atoms with E-state index in [1.54, 1.807) is 19.1 Å². The van der Waals surface area contributed by atoms with E-state index in [-0.39, 0.29) is 23.7 Å². The lowest BCUT2D eigenvalue weighted by Gasteiger charge is -2.09. The minimum Gasteiger partial charge on any atom is -0.320 e. The van der Waals surface area contributed by atoms with E-state index in [0.29, 0.717) is 12.6 Å². The topological polar surface area (TPSA) is 84.3 Å². The lowest BCUT2D eigenvalue weighted by Crippen LogP contribution is -2.27. The van der Waals surface area contributed by atoms with Crippen LogP contribution in [0.25, 0.3) is 0 Å². The Labute approximate surface area is 112 Å². The van der Waals surface area contributed by atoms with Crippen LogP contribution in [0.1, 0.15) is 25.8 Å². The smallest absolute Gasteiger partial charge is 0.293 e. The normalized spacial score (nSPS) is 10.5. The summed E-state index contributed by atoms with van der Waals surface area (Å²) in [5.74, 6) is -0.236. The predicted octanol–water partition coefficient (Wildman–Crippen LogP) is 2.23. The number of rotatable bonds is 6. The standard InChI is InChI=1S/C13H19N3O3/c1-9(2)14-7-6-13(17)15-11-5-4-10(3)8-12(11)16(18)19/h4-5,8-9,14H,6-7H2,1-3H3,(H,15,17). The summed E-state index contributed by atoms with van der Waals surface area (Å²) in [5, 5.41) is 16.6. The molecule has 0 aliphatic heterocycles. The number of nitro benzene ring substituents is 1. The fraction of sp³-hybridized carbons (Fsp3) is 0.462. The highest BCUT2D eigenvalue weighted by Crippen LogP contribution is 2.25. The molecule has 0 saturated carbocycles. The molecular formula is C13H19N3O3. The number of carbonyl (C=O) groups is 1. The second kappa shape index (κ2) is 6.84. The number of nitrogens with one attached hydrogen (secondary N) is 2. The van der Waals surface area contributed by atoms with Crippen LogP contribution in [0, 0.1) is 17.0 Å². The molecule has 0 aliphatic rings. The number of carbonyl (C=O) groups excluding carboxylic acids is 1. The summed E-state index contributed by atoms with van der Waals surface area (Å²) in [5.41, 5.74) is 0.946. The van der Waals surface area contributed by atoms with Crippen LogP contribution in [0.5, 0.6) is 0 Å². The summed E-state index contributed by atoms with van der Waals surface area (Å²) in [6.45, 7) is 6.29. The molecule has 0 radical (unpaired) electrons. The highest BCUT2D eigenvalue weighted by atomic mass is 16.6. The Morgan fingerprint density at radius 2 is 2.11 bits per heavy atom. The van der Waals surface area contributed by atoms with Crippen molar-refractivity contribution in [3.05, 3.63) is 33.9 Å². The first kappa shape index (κ1) is 15.1. The van der Waals surface area contributed by atoms with Crippen molar-refractivity contribution >= 4 is 17.3 Å². The van der Waals surface area contributed by atoms with Gasteiger partial charge in [0.05, 0.1) is 4.92 Å². The van der Waals surface area contributed by atoms with E-state index in [4.69, 9.17) is 0 Å². The second-order valence-electron chi connectivity index (χ2n) is 4.68. The van der Waals surface area contributed by atoms with Crippen molar-refractivity contribution in [1.82, 2.24) is 5.32 Å². The highest BCUT2D eigenvalue weighted by Gasteiger charge is 2.15. The molecule has 19 heavy (non-hydrogen) atoms. The van der Waals surface area contributed by atoms with E-state index < -0.39 is 4.92 Å². The predicted molar refractivity (Wildman–Crippen MR) is 74.2 cm³/mol. The zero-order valence-corrected chi connectivity index (χ0v) is 11.4. The largest absolute Gasteiger partial charge is 0.320 e. The van der Waals surface area contributed by atoms with Crippen molar-refractivity contribution in [2.75, 3.05) is 11.9 Å². The summed E-state index contributed by atoms with van der Waals surface area (Å²) in [7, 11) is 0. The van der Waals surface area contributed by atoms with Crippen molar-refractivity contribution in [2.45, 2.75) is 33.2 Å². The maximum Gasteiger partial charge on any atom is 0.293 e. The molecule has 0 aliphatic carbocycles. The third kappa shape index (κ3) is 5.05. The van der Waals surface area contributed by atoms with Crippen molar-refractivity contribution in [2.24, 2.45) is 0 Å². The Balaban J connectivity index is 2.66. The molecule has 0 bridgehead atoms. The van der Waals surface area contributed by atoms with E-state index in [1.807, 2.05) is 13.8 Å². The lowest BCUT2D eigenvalue weighted by atomic mass is 10.2. The molecule has 0 fully saturated rings. The van der Waals surface area contributed by atoms with Gasteiger partial charge in [-0.3, -0.25) is 14.9 Å². The van der Waals surface area contributed by atoms with Gasteiger partial charge in [0.1, 0.15) is 5.69 Å². The van der Waals surface area contributed by atoms with Gasteiger partial charge in [0.25, 0.3) is 5.69 Å². The lowest BCUT2D eigenvalue weighted by molar-refractivity contribution is -0.384. The number of hydrogen-bond acceptors (Lipinski definition) is 4. The summed E-state index contributed by atoms with van der Waals surface area (Å²) in [4.78, 5) is 22.1. The van der Waals surface area contributed by atoms with Crippen molar-refractivity contribution < 1.29 is 9.72 Å². The molecule has 1 aromatic rings. The molecule has 0 unspecified atom stereocenters. The number of hydrogen-bond donors (Lipinski definition) is 2. The summed E-state index contributed by atoms with van der Waals surface area (Å²) in [6, 6.07) is 5.04. The van der Waals surface area contributed by atoms with Crippen LogP contribution in [0.2, 0.25) is 0 Å². The summed E-state index contributed by atoms with van der Waals surface area (Å²) in [6.07, 6.45) is 0.281. The summed E-state index contributed by atoms with van der Waals surface area (Å²) < 4.78 is 0. The molecular weight excluding hydrogens is 246 g/mol. The number of benzene rings is 1. The molecule has 0 aromatic heterocycles. The van der Waals surface area contributed by atoms with E-state index >= 15 is 0 Å². The number of anilines is 1. The Bertz CT molecular complexity index is 472. The molecule has 0 saturated heterocycles. The quantitative estimate of drug-likeness (QED) is 0.610. The van der Waals surface area contributed by atoms with E-state index in [2.05, 4.69) is 10.6 Å². The average molecular weight is 265 g/mol. The summed E-state index contributed by atoms with van der Waals surface area (Å²) >= 11 is 0. The van der Waals surface area contributed by atoms with E-state index in [9.17, 15) is 14.9 Å². The van der Waals surface area contributed by atoms with Crippen LogP contribution in [0.3, 0.4) is 0 Å². The van der Waals surface area contributed by atoms with Crippen LogP contribution < -0.4 is 10.6 Å². The number of nitrogens with zero attached hydrogens (tertiary/aromatic N) is 1. The minimum absolute atomic E-state index is 0.0785. The van der Waals surface area contributed by atoms with E-state index in [0.717, 1.165) is 5.56 Å². The molecule has 6 heteroatoms. The maximum atomic E-state index is 11.7. The molecule has 1 amide bonds. The monoisotopic (exact) mass is 265 g/mol. The molecule has 1 rings (SSSR count). The first-order valence-corrected chi connectivity index (χ1v) is 6.18. The van der Waals surface area contributed by atoms with Gasteiger partial charge in [-0.05, 0) is 18.6 Å². The Morgan fingerprint density at radius 1 is 1.42 bits per heavy atom. The Hall–Kier alpha value is -1.95. The maximum absolute atomic E-state index is 11.7. The van der Waals surface area contributed by atoms with Crippen LogP contribution in [-0.4, -0.2) is 23.4 Å². The van der Waals surface area contributed by atoms with Gasteiger partial charge in [0.15, 0.2) is 0 Å². The first-order valence-electron chi connectivity index (χ1n) is 6.18. The third-order valence-electron chi connectivity index (χ3n) is 2.53. The third-order valence-corrected chi connectivity index (χ3v) is 2.53. The average Bonchev–Trinajstić information content (AvgIpc) is 2.30. The van der Waals surface area contributed by atoms with Crippen LogP contribution in [-0.2, 0) is 4.79 Å².